The molecule has 0 bridgehead atoms. The molecule has 0 atom stereocenters. The number of halogens is 2. The summed E-state index contributed by atoms with van der Waals surface area (Å²) in [5.74, 6) is 0.705. The minimum absolute atomic E-state index is 0.233. The zero-order valence-corrected chi connectivity index (χ0v) is 12.8. The Labute approximate surface area is 126 Å². The number of hydrogen-bond donors (Lipinski definition) is 1. The molecule has 2 nitrogen and oxygen atoms in total. The van der Waals surface area contributed by atoms with E-state index in [0.29, 0.717) is 12.2 Å². The summed E-state index contributed by atoms with van der Waals surface area (Å²) >= 11 is 3.51. The van der Waals surface area contributed by atoms with Crippen LogP contribution in [0.25, 0.3) is 0 Å². The molecule has 0 saturated heterocycles. The summed E-state index contributed by atoms with van der Waals surface area (Å²) in [6.07, 6.45) is 0.931. The first-order chi connectivity index (χ1) is 9.63. The predicted octanol–water partition coefficient (Wildman–Crippen LogP) is 4.44. The third-order valence-electron chi connectivity index (χ3n) is 3.42. The molecule has 3 rings (SSSR count). The van der Waals surface area contributed by atoms with Crippen molar-refractivity contribution >= 4 is 21.6 Å². The molecule has 0 aliphatic carbocycles. The monoisotopic (exact) mass is 335 g/mol. The fourth-order valence-electron chi connectivity index (χ4n) is 2.44. The number of nitrogens with one attached hydrogen (secondary N) is 1. The van der Waals surface area contributed by atoms with E-state index in [1.165, 1.54) is 11.6 Å². The highest BCUT2D eigenvalue weighted by atomic mass is 79.9. The third-order valence-corrected chi connectivity index (χ3v) is 3.87. The fourth-order valence-corrected chi connectivity index (χ4v) is 3.00. The lowest BCUT2D eigenvalue weighted by atomic mass is 10.1. The SMILES string of the molecule is Cc1ccc(F)c(NCc2cc(Br)cc3c2OCC3)c1. The standard InChI is InChI=1S/C16H15BrFNO/c1-10-2-3-14(18)15(6-10)19-9-12-8-13(17)7-11-4-5-20-16(11)12/h2-3,6-8,19H,4-5,9H2,1H3. The Morgan fingerprint density at radius 2 is 2.15 bits per heavy atom. The topological polar surface area (TPSA) is 21.3 Å². The van der Waals surface area contributed by atoms with Crippen LogP contribution < -0.4 is 10.1 Å². The molecule has 0 saturated carbocycles. The first-order valence-electron chi connectivity index (χ1n) is 6.57. The van der Waals surface area contributed by atoms with Crippen LogP contribution in [0.5, 0.6) is 5.75 Å². The lowest BCUT2D eigenvalue weighted by molar-refractivity contribution is 0.354. The average Bonchev–Trinajstić information content (AvgIpc) is 2.87. The van der Waals surface area contributed by atoms with Crippen molar-refractivity contribution in [3.05, 3.63) is 57.3 Å². The Kier molecular flexibility index (Phi) is 3.66. The van der Waals surface area contributed by atoms with Gasteiger partial charge in [0.2, 0.25) is 0 Å². The maximum atomic E-state index is 13.7. The Bertz CT molecular complexity index is 657. The summed E-state index contributed by atoms with van der Waals surface area (Å²) in [6.45, 7) is 3.21. The molecule has 104 valence electrons. The third kappa shape index (κ3) is 2.66. The first-order valence-corrected chi connectivity index (χ1v) is 7.37. The van der Waals surface area contributed by atoms with Crippen molar-refractivity contribution in [3.63, 3.8) is 0 Å². The maximum absolute atomic E-state index is 13.7. The molecule has 1 heterocycles. The summed E-state index contributed by atoms with van der Waals surface area (Å²) < 4.78 is 20.4. The van der Waals surface area contributed by atoms with Gasteiger partial charge in [0.15, 0.2) is 0 Å². The van der Waals surface area contributed by atoms with E-state index in [1.807, 2.05) is 19.1 Å². The summed E-state index contributed by atoms with van der Waals surface area (Å²) in [5, 5.41) is 3.15. The van der Waals surface area contributed by atoms with Crippen LogP contribution in [0.4, 0.5) is 10.1 Å². The molecule has 4 heteroatoms. The minimum Gasteiger partial charge on any atom is -0.493 e. The van der Waals surface area contributed by atoms with E-state index in [0.717, 1.165) is 34.4 Å². The second-order valence-electron chi connectivity index (χ2n) is 4.99. The van der Waals surface area contributed by atoms with E-state index in [4.69, 9.17) is 4.74 Å². The van der Waals surface area contributed by atoms with Gasteiger partial charge in [-0.15, -0.1) is 0 Å². The number of benzene rings is 2. The molecule has 0 aromatic heterocycles. The van der Waals surface area contributed by atoms with Crippen LogP contribution in [0.1, 0.15) is 16.7 Å². The van der Waals surface area contributed by atoms with Crippen LogP contribution >= 0.6 is 15.9 Å². The van der Waals surface area contributed by atoms with Crippen molar-refractivity contribution in [3.8, 4) is 5.75 Å². The lowest BCUT2D eigenvalue weighted by Crippen LogP contribution is -2.03. The number of anilines is 1. The van der Waals surface area contributed by atoms with Crippen LogP contribution in [0.2, 0.25) is 0 Å². The number of rotatable bonds is 3. The molecule has 0 radical (unpaired) electrons. The second kappa shape index (κ2) is 5.44. The van der Waals surface area contributed by atoms with Crippen molar-refractivity contribution in [2.24, 2.45) is 0 Å². The molecular weight excluding hydrogens is 321 g/mol. The van der Waals surface area contributed by atoms with Crippen molar-refractivity contribution in [1.29, 1.82) is 0 Å². The Balaban J connectivity index is 1.84. The first kappa shape index (κ1) is 13.4. The van der Waals surface area contributed by atoms with Gasteiger partial charge in [-0.25, -0.2) is 4.39 Å². The van der Waals surface area contributed by atoms with E-state index < -0.39 is 0 Å². The van der Waals surface area contributed by atoms with E-state index in [1.54, 1.807) is 6.07 Å². The Morgan fingerprint density at radius 1 is 1.30 bits per heavy atom. The van der Waals surface area contributed by atoms with Gasteiger partial charge in [0, 0.05) is 23.0 Å². The van der Waals surface area contributed by atoms with Gasteiger partial charge >= 0.3 is 0 Å². The van der Waals surface area contributed by atoms with E-state index >= 15 is 0 Å². The second-order valence-corrected chi connectivity index (χ2v) is 5.90. The van der Waals surface area contributed by atoms with Crippen LogP contribution in [-0.2, 0) is 13.0 Å². The summed E-state index contributed by atoms with van der Waals surface area (Å²) in [5.41, 5.74) is 3.81. The molecule has 2 aromatic carbocycles. The fraction of sp³-hybridized carbons (Fsp3) is 0.250. The molecule has 0 spiro atoms. The molecule has 0 unspecified atom stereocenters. The summed E-state index contributed by atoms with van der Waals surface area (Å²) in [6, 6.07) is 9.16. The molecule has 0 fully saturated rings. The van der Waals surface area contributed by atoms with E-state index in [9.17, 15) is 4.39 Å². The lowest BCUT2D eigenvalue weighted by Gasteiger charge is -2.12. The Hall–Kier alpha value is -1.55. The Morgan fingerprint density at radius 3 is 3.00 bits per heavy atom. The van der Waals surface area contributed by atoms with Gasteiger partial charge in [-0.05, 0) is 42.3 Å². The zero-order valence-electron chi connectivity index (χ0n) is 11.2. The van der Waals surface area contributed by atoms with Crippen LogP contribution in [0, 0.1) is 12.7 Å². The van der Waals surface area contributed by atoms with E-state index in [-0.39, 0.29) is 5.82 Å². The molecule has 1 aliphatic rings. The van der Waals surface area contributed by atoms with Gasteiger partial charge in [-0.1, -0.05) is 22.0 Å². The molecule has 1 aliphatic heterocycles. The highest BCUT2D eigenvalue weighted by Gasteiger charge is 2.17. The molecule has 2 aromatic rings. The van der Waals surface area contributed by atoms with Crippen molar-refractivity contribution in [1.82, 2.24) is 0 Å². The smallest absolute Gasteiger partial charge is 0.146 e. The van der Waals surface area contributed by atoms with Gasteiger partial charge in [-0.2, -0.15) is 0 Å². The van der Waals surface area contributed by atoms with Crippen molar-refractivity contribution < 1.29 is 9.13 Å². The minimum atomic E-state index is -0.233. The van der Waals surface area contributed by atoms with Crippen molar-refractivity contribution in [2.75, 3.05) is 11.9 Å². The number of fused-ring (bicyclic) bond motifs is 1. The quantitative estimate of drug-likeness (QED) is 0.895. The molecule has 0 amide bonds. The van der Waals surface area contributed by atoms with Crippen molar-refractivity contribution in [2.45, 2.75) is 19.9 Å². The van der Waals surface area contributed by atoms with Gasteiger partial charge in [0.05, 0.1) is 12.3 Å². The molecule has 1 N–H and O–H groups in total. The number of hydrogen-bond acceptors (Lipinski definition) is 2. The van der Waals surface area contributed by atoms with Crippen LogP contribution in [0.15, 0.2) is 34.8 Å². The zero-order chi connectivity index (χ0) is 14.1. The summed E-state index contributed by atoms with van der Waals surface area (Å²) in [7, 11) is 0. The highest BCUT2D eigenvalue weighted by Crippen LogP contribution is 2.33. The number of aryl methyl sites for hydroxylation is 1. The average molecular weight is 336 g/mol. The van der Waals surface area contributed by atoms with Gasteiger partial charge in [0.25, 0.3) is 0 Å². The largest absolute Gasteiger partial charge is 0.493 e. The predicted molar refractivity (Wildman–Crippen MR) is 81.8 cm³/mol. The molecule has 20 heavy (non-hydrogen) atoms. The summed E-state index contributed by atoms with van der Waals surface area (Å²) in [4.78, 5) is 0. The van der Waals surface area contributed by atoms with Gasteiger partial charge in [-0.3, -0.25) is 0 Å². The van der Waals surface area contributed by atoms with E-state index in [2.05, 4.69) is 27.3 Å². The van der Waals surface area contributed by atoms with Gasteiger partial charge < -0.3 is 10.1 Å². The normalized spacial score (nSPS) is 12.9. The number of ether oxygens (including phenoxy) is 1. The van der Waals surface area contributed by atoms with Gasteiger partial charge in [0.1, 0.15) is 11.6 Å². The van der Waals surface area contributed by atoms with Crippen LogP contribution in [-0.4, -0.2) is 6.61 Å². The van der Waals surface area contributed by atoms with Crippen LogP contribution in [0.3, 0.4) is 0 Å². The highest BCUT2D eigenvalue weighted by molar-refractivity contribution is 9.10. The molecular formula is C16H15BrFNO. The maximum Gasteiger partial charge on any atom is 0.146 e.